The average molecular weight is 199 g/mol. The van der Waals surface area contributed by atoms with Gasteiger partial charge in [0.2, 0.25) is 5.91 Å². The van der Waals surface area contributed by atoms with Crippen LogP contribution in [0.4, 0.5) is 0 Å². The number of rotatable bonds is 5. The summed E-state index contributed by atoms with van der Waals surface area (Å²) in [6, 6.07) is 0. The van der Waals surface area contributed by atoms with Gasteiger partial charge in [0.25, 0.3) is 0 Å². The molecule has 0 rings (SSSR count). The molecule has 3 nitrogen and oxygen atoms in total. The first-order valence-corrected chi connectivity index (χ1v) is 4.90. The van der Waals surface area contributed by atoms with Crippen molar-refractivity contribution in [2.75, 3.05) is 19.7 Å². The second-order valence-electron chi connectivity index (χ2n) is 4.59. The van der Waals surface area contributed by atoms with Gasteiger partial charge in [-0.2, -0.15) is 0 Å². The standard InChI is InChI=1S/C11H21NO2/c1-5-6-12(7-8-13)10(14)9-11(2,3)4/h5,13H,1,6-9H2,2-4H3. The number of aliphatic hydroxyl groups is 1. The van der Waals surface area contributed by atoms with Crippen molar-refractivity contribution in [2.45, 2.75) is 27.2 Å². The number of carbonyl (C=O) groups is 1. The monoisotopic (exact) mass is 199 g/mol. The molecule has 1 N–H and O–H groups in total. The lowest BCUT2D eigenvalue weighted by molar-refractivity contribution is -0.133. The van der Waals surface area contributed by atoms with E-state index in [-0.39, 0.29) is 17.9 Å². The van der Waals surface area contributed by atoms with Crippen molar-refractivity contribution in [3.8, 4) is 0 Å². The molecule has 0 saturated heterocycles. The minimum absolute atomic E-state index is 0.00369. The summed E-state index contributed by atoms with van der Waals surface area (Å²) in [5.74, 6) is 0.0754. The fraction of sp³-hybridized carbons (Fsp3) is 0.727. The van der Waals surface area contributed by atoms with Crippen LogP contribution >= 0.6 is 0 Å². The highest BCUT2D eigenvalue weighted by molar-refractivity contribution is 5.76. The molecule has 0 unspecified atom stereocenters. The van der Waals surface area contributed by atoms with E-state index < -0.39 is 0 Å². The SMILES string of the molecule is C=CCN(CCO)C(=O)CC(C)(C)C. The first-order valence-electron chi connectivity index (χ1n) is 4.90. The Balaban J connectivity index is 4.21. The third-order valence-corrected chi connectivity index (χ3v) is 1.75. The van der Waals surface area contributed by atoms with E-state index >= 15 is 0 Å². The molecule has 0 aromatic heterocycles. The van der Waals surface area contributed by atoms with E-state index in [4.69, 9.17) is 5.11 Å². The van der Waals surface area contributed by atoms with E-state index in [9.17, 15) is 4.79 Å². The van der Waals surface area contributed by atoms with Crippen molar-refractivity contribution in [1.29, 1.82) is 0 Å². The summed E-state index contributed by atoms with van der Waals surface area (Å²) in [5, 5.41) is 8.78. The molecule has 0 fully saturated rings. The third-order valence-electron chi connectivity index (χ3n) is 1.75. The van der Waals surface area contributed by atoms with Gasteiger partial charge in [0.15, 0.2) is 0 Å². The van der Waals surface area contributed by atoms with Gasteiger partial charge in [0.1, 0.15) is 0 Å². The van der Waals surface area contributed by atoms with E-state index in [2.05, 4.69) is 6.58 Å². The molecule has 82 valence electrons. The summed E-state index contributed by atoms with van der Waals surface area (Å²) in [4.78, 5) is 13.3. The van der Waals surface area contributed by atoms with Crippen molar-refractivity contribution in [2.24, 2.45) is 5.41 Å². The van der Waals surface area contributed by atoms with E-state index in [0.29, 0.717) is 19.5 Å². The Morgan fingerprint density at radius 1 is 1.50 bits per heavy atom. The van der Waals surface area contributed by atoms with E-state index in [1.54, 1.807) is 11.0 Å². The molecule has 0 aliphatic carbocycles. The molecule has 0 spiro atoms. The van der Waals surface area contributed by atoms with Crippen molar-refractivity contribution in [1.82, 2.24) is 4.90 Å². The third kappa shape index (κ3) is 5.75. The van der Waals surface area contributed by atoms with Gasteiger partial charge in [-0.3, -0.25) is 4.79 Å². The number of carbonyl (C=O) groups excluding carboxylic acids is 1. The molecule has 0 bridgehead atoms. The maximum Gasteiger partial charge on any atom is 0.223 e. The molecule has 0 atom stereocenters. The highest BCUT2D eigenvalue weighted by Gasteiger charge is 2.19. The highest BCUT2D eigenvalue weighted by atomic mass is 16.3. The average Bonchev–Trinajstić information content (AvgIpc) is 2.01. The van der Waals surface area contributed by atoms with E-state index in [1.807, 2.05) is 20.8 Å². The molecule has 3 heteroatoms. The van der Waals surface area contributed by atoms with Crippen LogP contribution in [0.3, 0.4) is 0 Å². The highest BCUT2D eigenvalue weighted by Crippen LogP contribution is 2.19. The zero-order chi connectivity index (χ0) is 11.2. The number of amides is 1. The van der Waals surface area contributed by atoms with Crippen LogP contribution in [-0.4, -0.2) is 35.6 Å². The van der Waals surface area contributed by atoms with Crippen molar-refractivity contribution in [3.63, 3.8) is 0 Å². The second-order valence-corrected chi connectivity index (χ2v) is 4.59. The van der Waals surface area contributed by atoms with Crippen LogP contribution in [-0.2, 0) is 4.79 Å². The quantitative estimate of drug-likeness (QED) is 0.680. The second kappa shape index (κ2) is 5.81. The molecular weight excluding hydrogens is 178 g/mol. The van der Waals surface area contributed by atoms with Gasteiger partial charge in [-0.05, 0) is 5.41 Å². The fourth-order valence-corrected chi connectivity index (χ4v) is 1.16. The Morgan fingerprint density at radius 3 is 2.43 bits per heavy atom. The lowest BCUT2D eigenvalue weighted by Crippen LogP contribution is -2.35. The molecule has 0 aromatic rings. The van der Waals surface area contributed by atoms with Gasteiger partial charge in [0, 0.05) is 19.5 Å². The van der Waals surface area contributed by atoms with Crippen LogP contribution in [0.1, 0.15) is 27.2 Å². The van der Waals surface area contributed by atoms with Crippen molar-refractivity contribution >= 4 is 5.91 Å². The molecule has 1 amide bonds. The maximum absolute atomic E-state index is 11.7. The Kier molecular flexibility index (Phi) is 5.46. The minimum atomic E-state index is -0.00798. The Bertz CT molecular complexity index is 194. The van der Waals surface area contributed by atoms with Gasteiger partial charge in [-0.25, -0.2) is 0 Å². The van der Waals surface area contributed by atoms with Crippen LogP contribution in [0.5, 0.6) is 0 Å². The van der Waals surface area contributed by atoms with Gasteiger partial charge in [-0.15, -0.1) is 6.58 Å². The molecular formula is C11H21NO2. The first-order chi connectivity index (χ1) is 6.40. The Labute approximate surface area is 86.4 Å². The summed E-state index contributed by atoms with van der Waals surface area (Å²) in [6.07, 6.45) is 2.18. The van der Waals surface area contributed by atoms with Gasteiger partial charge >= 0.3 is 0 Å². The van der Waals surface area contributed by atoms with Gasteiger partial charge in [-0.1, -0.05) is 26.8 Å². The number of aliphatic hydroxyl groups excluding tert-OH is 1. The van der Waals surface area contributed by atoms with Crippen LogP contribution in [0.2, 0.25) is 0 Å². The summed E-state index contributed by atoms with van der Waals surface area (Å²) in [5.41, 5.74) is -0.00798. The minimum Gasteiger partial charge on any atom is -0.395 e. The zero-order valence-corrected chi connectivity index (χ0v) is 9.42. The molecule has 14 heavy (non-hydrogen) atoms. The molecule has 0 aromatic carbocycles. The van der Waals surface area contributed by atoms with Gasteiger partial charge < -0.3 is 10.0 Å². The summed E-state index contributed by atoms with van der Waals surface area (Å²) in [7, 11) is 0. The Hall–Kier alpha value is -0.830. The molecule has 0 aliphatic rings. The maximum atomic E-state index is 11.7. The van der Waals surface area contributed by atoms with E-state index in [1.165, 1.54) is 0 Å². The van der Waals surface area contributed by atoms with Crippen molar-refractivity contribution < 1.29 is 9.90 Å². The molecule has 0 heterocycles. The first kappa shape index (κ1) is 13.2. The fourth-order valence-electron chi connectivity index (χ4n) is 1.16. The normalized spacial score (nSPS) is 11.1. The van der Waals surface area contributed by atoms with Crippen LogP contribution in [0.25, 0.3) is 0 Å². The predicted octanol–water partition coefficient (Wildman–Crippen LogP) is 1.43. The van der Waals surface area contributed by atoms with Gasteiger partial charge in [0.05, 0.1) is 6.61 Å². The van der Waals surface area contributed by atoms with E-state index in [0.717, 1.165) is 0 Å². The summed E-state index contributed by atoms with van der Waals surface area (Å²) >= 11 is 0. The summed E-state index contributed by atoms with van der Waals surface area (Å²) in [6.45, 7) is 10.6. The number of nitrogens with zero attached hydrogens (tertiary/aromatic N) is 1. The Morgan fingerprint density at radius 2 is 2.07 bits per heavy atom. The van der Waals surface area contributed by atoms with Crippen molar-refractivity contribution in [3.05, 3.63) is 12.7 Å². The number of hydrogen-bond acceptors (Lipinski definition) is 2. The lowest BCUT2D eigenvalue weighted by Gasteiger charge is -2.25. The lowest BCUT2D eigenvalue weighted by atomic mass is 9.91. The number of hydrogen-bond donors (Lipinski definition) is 1. The molecule has 0 radical (unpaired) electrons. The smallest absolute Gasteiger partial charge is 0.223 e. The van der Waals surface area contributed by atoms with Crippen LogP contribution < -0.4 is 0 Å². The topological polar surface area (TPSA) is 40.5 Å². The molecule has 0 aliphatic heterocycles. The zero-order valence-electron chi connectivity index (χ0n) is 9.42. The molecule has 0 saturated carbocycles. The summed E-state index contributed by atoms with van der Waals surface area (Å²) < 4.78 is 0. The predicted molar refractivity (Wildman–Crippen MR) is 57.9 cm³/mol. The largest absolute Gasteiger partial charge is 0.395 e. The van der Waals surface area contributed by atoms with Crippen LogP contribution in [0.15, 0.2) is 12.7 Å². The van der Waals surface area contributed by atoms with Crippen LogP contribution in [0, 0.1) is 5.41 Å².